The molecule has 1 N–H and O–H groups in total. The molecule has 1 aliphatic rings. The largest absolute Gasteiger partial charge is 0.392 e. The quantitative estimate of drug-likeness (QED) is 0.780. The summed E-state index contributed by atoms with van der Waals surface area (Å²) < 4.78 is 0. The monoisotopic (exact) mass is 230 g/mol. The maximum Gasteiger partial charge on any atom is 0.176 e. The number of likely N-dealkylation sites (tertiary alicyclic amines) is 1. The molecule has 1 fully saturated rings. The number of carbonyl (C=O) groups is 1. The zero-order valence-corrected chi connectivity index (χ0v) is 9.47. The van der Waals surface area contributed by atoms with E-state index in [9.17, 15) is 9.90 Å². The zero-order chi connectivity index (χ0) is 12.3. The van der Waals surface area contributed by atoms with Crippen molar-refractivity contribution < 1.29 is 9.90 Å². The van der Waals surface area contributed by atoms with E-state index in [1.54, 1.807) is 24.3 Å². The van der Waals surface area contributed by atoms with E-state index >= 15 is 0 Å². The first-order chi connectivity index (χ1) is 8.19. The van der Waals surface area contributed by atoms with E-state index < -0.39 is 0 Å². The molecule has 4 heteroatoms. The second-order valence-corrected chi connectivity index (χ2v) is 4.29. The van der Waals surface area contributed by atoms with Gasteiger partial charge in [-0.2, -0.15) is 5.26 Å². The number of hydrogen-bond acceptors (Lipinski definition) is 4. The van der Waals surface area contributed by atoms with Crippen molar-refractivity contribution >= 4 is 5.78 Å². The van der Waals surface area contributed by atoms with E-state index in [2.05, 4.69) is 0 Å². The average Bonchev–Trinajstić information content (AvgIpc) is 2.75. The molecule has 0 amide bonds. The molecule has 4 nitrogen and oxygen atoms in total. The molecule has 0 radical (unpaired) electrons. The Hall–Kier alpha value is -1.70. The summed E-state index contributed by atoms with van der Waals surface area (Å²) in [5, 5.41) is 18.0. The number of β-amino-alcohol motifs (C(OH)–C–C–N with tert-alkyl or cyclic N) is 1. The first-order valence-electron chi connectivity index (χ1n) is 5.63. The molecule has 1 atom stereocenters. The Bertz CT molecular complexity index is 447. The third kappa shape index (κ3) is 2.90. The number of benzene rings is 1. The van der Waals surface area contributed by atoms with E-state index in [4.69, 9.17) is 5.26 Å². The summed E-state index contributed by atoms with van der Waals surface area (Å²) in [4.78, 5) is 13.9. The average molecular weight is 230 g/mol. The van der Waals surface area contributed by atoms with Crippen molar-refractivity contribution in [3.05, 3.63) is 35.4 Å². The summed E-state index contributed by atoms with van der Waals surface area (Å²) in [7, 11) is 0. The van der Waals surface area contributed by atoms with Crippen LogP contribution in [0.5, 0.6) is 0 Å². The van der Waals surface area contributed by atoms with Crippen LogP contribution in [0.15, 0.2) is 24.3 Å². The zero-order valence-electron chi connectivity index (χ0n) is 9.47. The SMILES string of the molecule is N#Cc1ccc(C(=O)CN2CC[C@@H](O)C2)cc1. The highest BCUT2D eigenvalue weighted by atomic mass is 16.3. The molecule has 0 unspecified atom stereocenters. The van der Waals surface area contributed by atoms with Crippen LogP contribution in [-0.4, -0.2) is 41.5 Å². The van der Waals surface area contributed by atoms with Gasteiger partial charge in [-0.05, 0) is 18.6 Å². The van der Waals surface area contributed by atoms with E-state index in [1.165, 1.54) is 0 Å². The topological polar surface area (TPSA) is 64.3 Å². The van der Waals surface area contributed by atoms with Gasteiger partial charge in [0.15, 0.2) is 5.78 Å². The fourth-order valence-electron chi connectivity index (χ4n) is 1.98. The van der Waals surface area contributed by atoms with Crippen LogP contribution in [0.3, 0.4) is 0 Å². The first-order valence-corrected chi connectivity index (χ1v) is 5.63. The summed E-state index contributed by atoms with van der Waals surface area (Å²) in [6.45, 7) is 1.67. The maximum atomic E-state index is 11.9. The first kappa shape index (κ1) is 11.8. The molecule has 0 saturated carbocycles. The van der Waals surface area contributed by atoms with Gasteiger partial charge in [0.1, 0.15) is 0 Å². The number of rotatable bonds is 3. The molecule has 1 saturated heterocycles. The van der Waals surface area contributed by atoms with Crippen LogP contribution in [0.1, 0.15) is 22.3 Å². The van der Waals surface area contributed by atoms with Crippen LogP contribution < -0.4 is 0 Å². The minimum atomic E-state index is -0.302. The molecule has 0 bridgehead atoms. The summed E-state index contributed by atoms with van der Waals surface area (Å²) >= 11 is 0. The molecule has 17 heavy (non-hydrogen) atoms. The van der Waals surface area contributed by atoms with E-state index in [0.717, 1.165) is 13.0 Å². The van der Waals surface area contributed by atoms with E-state index in [0.29, 0.717) is 24.2 Å². The van der Waals surface area contributed by atoms with Gasteiger partial charge in [-0.25, -0.2) is 0 Å². The number of ketones is 1. The molecule has 1 aliphatic heterocycles. The van der Waals surface area contributed by atoms with Crippen LogP contribution >= 0.6 is 0 Å². The third-order valence-electron chi connectivity index (χ3n) is 2.95. The summed E-state index contributed by atoms with van der Waals surface area (Å²) in [5.41, 5.74) is 1.17. The van der Waals surface area contributed by atoms with Gasteiger partial charge in [0.25, 0.3) is 0 Å². The Morgan fingerprint density at radius 2 is 2.18 bits per heavy atom. The Morgan fingerprint density at radius 3 is 2.71 bits per heavy atom. The molecule has 0 aliphatic carbocycles. The lowest BCUT2D eigenvalue weighted by atomic mass is 10.1. The van der Waals surface area contributed by atoms with Crippen LogP contribution in [-0.2, 0) is 0 Å². The summed E-state index contributed by atoms with van der Waals surface area (Å²) in [6, 6.07) is 8.66. The van der Waals surface area contributed by atoms with Crippen molar-refractivity contribution in [1.29, 1.82) is 5.26 Å². The lowest BCUT2D eigenvalue weighted by Gasteiger charge is -2.13. The van der Waals surface area contributed by atoms with Gasteiger partial charge in [0.05, 0.1) is 24.3 Å². The number of carbonyl (C=O) groups excluding carboxylic acids is 1. The standard InChI is InChI=1S/C13H14N2O2/c14-7-10-1-3-11(4-2-10)13(17)9-15-6-5-12(16)8-15/h1-4,12,16H,5-6,8-9H2/t12-/m1/s1. The number of aliphatic hydroxyl groups excluding tert-OH is 1. The molecular weight excluding hydrogens is 216 g/mol. The van der Waals surface area contributed by atoms with Gasteiger partial charge < -0.3 is 5.11 Å². The molecule has 88 valence electrons. The van der Waals surface area contributed by atoms with Crippen molar-refractivity contribution in [1.82, 2.24) is 4.90 Å². The van der Waals surface area contributed by atoms with E-state index in [1.807, 2.05) is 11.0 Å². The molecule has 0 spiro atoms. The molecule has 0 aromatic heterocycles. The second kappa shape index (κ2) is 5.09. The number of aliphatic hydroxyl groups is 1. The number of nitriles is 1. The van der Waals surface area contributed by atoms with Crippen molar-refractivity contribution in [2.24, 2.45) is 0 Å². The smallest absolute Gasteiger partial charge is 0.176 e. The second-order valence-electron chi connectivity index (χ2n) is 4.29. The fraction of sp³-hybridized carbons (Fsp3) is 0.385. The fourth-order valence-corrected chi connectivity index (χ4v) is 1.98. The number of Topliss-reactive ketones (excluding diaryl/α,β-unsaturated/α-hetero) is 1. The van der Waals surface area contributed by atoms with Crippen molar-refractivity contribution in [3.63, 3.8) is 0 Å². The van der Waals surface area contributed by atoms with Crippen LogP contribution in [0.2, 0.25) is 0 Å². The van der Waals surface area contributed by atoms with E-state index in [-0.39, 0.29) is 11.9 Å². The Balaban J connectivity index is 1.97. The molecule has 1 aromatic carbocycles. The van der Waals surface area contributed by atoms with Crippen LogP contribution in [0.4, 0.5) is 0 Å². The Labute approximate surface area is 100 Å². The predicted octanol–water partition coefficient (Wildman–Crippen LogP) is 0.808. The maximum absolute atomic E-state index is 11.9. The minimum absolute atomic E-state index is 0.0311. The Kier molecular flexibility index (Phi) is 3.52. The highest BCUT2D eigenvalue weighted by Crippen LogP contribution is 2.11. The third-order valence-corrected chi connectivity index (χ3v) is 2.95. The van der Waals surface area contributed by atoms with Crippen molar-refractivity contribution in [2.45, 2.75) is 12.5 Å². The molecule has 2 rings (SSSR count). The normalized spacial score (nSPS) is 20.1. The lowest BCUT2D eigenvalue weighted by molar-refractivity contribution is 0.0935. The molecule has 1 heterocycles. The van der Waals surface area contributed by atoms with Gasteiger partial charge in [-0.15, -0.1) is 0 Å². The van der Waals surface area contributed by atoms with Crippen LogP contribution in [0, 0.1) is 11.3 Å². The predicted molar refractivity (Wildman–Crippen MR) is 62.6 cm³/mol. The lowest BCUT2D eigenvalue weighted by Crippen LogP contribution is -2.28. The highest BCUT2D eigenvalue weighted by molar-refractivity contribution is 5.97. The Morgan fingerprint density at radius 1 is 1.47 bits per heavy atom. The van der Waals surface area contributed by atoms with Crippen LogP contribution in [0.25, 0.3) is 0 Å². The van der Waals surface area contributed by atoms with Gasteiger partial charge in [0, 0.05) is 18.7 Å². The molecule has 1 aromatic rings. The molecular formula is C13H14N2O2. The van der Waals surface area contributed by atoms with Gasteiger partial charge in [-0.1, -0.05) is 12.1 Å². The van der Waals surface area contributed by atoms with Crippen molar-refractivity contribution in [2.75, 3.05) is 19.6 Å². The number of nitrogens with zero attached hydrogens (tertiary/aromatic N) is 2. The summed E-state index contributed by atoms with van der Waals surface area (Å²) in [5.74, 6) is 0.0311. The van der Waals surface area contributed by atoms with Gasteiger partial charge in [0.2, 0.25) is 0 Å². The van der Waals surface area contributed by atoms with Gasteiger partial charge >= 0.3 is 0 Å². The minimum Gasteiger partial charge on any atom is -0.392 e. The highest BCUT2D eigenvalue weighted by Gasteiger charge is 2.22. The number of hydrogen-bond donors (Lipinski definition) is 1. The summed E-state index contributed by atoms with van der Waals surface area (Å²) in [6.07, 6.45) is 0.435. The van der Waals surface area contributed by atoms with Crippen molar-refractivity contribution in [3.8, 4) is 6.07 Å². The van der Waals surface area contributed by atoms with Gasteiger partial charge in [-0.3, -0.25) is 9.69 Å².